The highest BCUT2D eigenvalue weighted by Gasteiger charge is 2.28. The summed E-state index contributed by atoms with van der Waals surface area (Å²) in [4.78, 5) is 3.89. The second kappa shape index (κ2) is 8.71. The van der Waals surface area contributed by atoms with Crippen molar-refractivity contribution in [3.05, 3.63) is 107 Å². The van der Waals surface area contributed by atoms with Crippen LogP contribution in [0.15, 0.2) is 83.4 Å². The van der Waals surface area contributed by atoms with Gasteiger partial charge in [0.1, 0.15) is 18.2 Å². The van der Waals surface area contributed by atoms with Crippen LogP contribution in [0.25, 0.3) is 38.0 Å². The van der Waals surface area contributed by atoms with Crippen LogP contribution in [-0.2, 0) is 7.05 Å². The van der Waals surface area contributed by atoms with Gasteiger partial charge in [0.2, 0.25) is 5.69 Å². The van der Waals surface area contributed by atoms with Crippen LogP contribution in [0.1, 0.15) is 54.2 Å². The van der Waals surface area contributed by atoms with Crippen molar-refractivity contribution in [1.82, 2.24) is 0 Å². The molecule has 0 bridgehead atoms. The fourth-order valence-corrected chi connectivity index (χ4v) is 6.02. The van der Waals surface area contributed by atoms with E-state index < -0.39 is 0 Å². The van der Waals surface area contributed by atoms with Crippen molar-refractivity contribution in [1.29, 1.82) is 0 Å². The van der Waals surface area contributed by atoms with Crippen molar-refractivity contribution in [2.24, 2.45) is 7.05 Å². The maximum atomic E-state index is 7.85. The Morgan fingerprint density at radius 3 is 2.31 bits per heavy atom. The molecule has 3 heteroatoms. The molecule has 5 aromatic rings. The Labute approximate surface area is 206 Å². The molecule has 0 aliphatic heterocycles. The molecule has 1 fully saturated rings. The standard InChI is InChI=1S/C32H29N2O/c1-21-12-17-26-30-27(33-2)19-18-25(24-15-13-23(14-16-24)22-9-5-4-6-10-22)31(30)35-32(26)29(21)28-11-7-8-20-34(28)3/h4-12,17-20,23-24H,13-16H2,1,3H3/q+1. The first-order chi connectivity index (χ1) is 17.2. The van der Waals surface area contributed by atoms with Gasteiger partial charge >= 0.3 is 0 Å². The molecular formula is C32H29N2O+. The Morgan fingerprint density at radius 2 is 1.57 bits per heavy atom. The summed E-state index contributed by atoms with van der Waals surface area (Å²) in [7, 11) is 2.07. The first-order valence-corrected chi connectivity index (χ1v) is 12.5. The Morgan fingerprint density at radius 1 is 0.829 bits per heavy atom. The van der Waals surface area contributed by atoms with Crippen molar-refractivity contribution in [2.75, 3.05) is 0 Å². The van der Waals surface area contributed by atoms with E-state index in [0.29, 0.717) is 17.5 Å². The van der Waals surface area contributed by atoms with Crippen molar-refractivity contribution < 1.29 is 8.98 Å². The number of rotatable bonds is 3. The van der Waals surface area contributed by atoms with Crippen LogP contribution >= 0.6 is 0 Å². The number of furan rings is 1. The van der Waals surface area contributed by atoms with Gasteiger partial charge in [-0.3, -0.25) is 0 Å². The quantitative estimate of drug-likeness (QED) is 0.197. The van der Waals surface area contributed by atoms with Gasteiger partial charge in [-0.1, -0.05) is 54.6 Å². The summed E-state index contributed by atoms with van der Waals surface area (Å²) < 4.78 is 8.89. The normalized spacial score (nSPS) is 18.1. The van der Waals surface area contributed by atoms with E-state index >= 15 is 0 Å². The molecule has 0 spiro atoms. The molecule has 1 aliphatic carbocycles. The molecular weight excluding hydrogens is 428 g/mol. The first kappa shape index (κ1) is 21.6. The Bertz CT molecular complexity index is 1580. The molecule has 1 saturated carbocycles. The van der Waals surface area contributed by atoms with Gasteiger partial charge in [0, 0.05) is 22.9 Å². The van der Waals surface area contributed by atoms with Crippen molar-refractivity contribution in [3.63, 3.8) is 0 Å². The van der Waals surface area contributed by atoms with E-state index in [1.807, 2.05) is 12.1 Å². The van der Waals surface area contributed by atoms with Crippen LogP contribution in [0.2, 0.25) is 0 Å². The zero-order valence-electron chi connectivity index (χ0n) is 20.3. The molecule has 0 saturated heterocycles. The average molecular weight is 458 g/mol. The fourth-order valence-electron chi connectivity index (χ4n) is 6.02. The predicted octanol–water partition coefficient (Wildman–Crippen LogP) is 8.38. The van der Waals surface area contributed by atoms with E-state index in [9.17, 15) is 0 Å². The van der Waals surface area contributed by atoms with Crippen LogP contribution < -0.4 is 4.57 Å². The van der Waals surface area contributed by atoms with Crippen LogP contribution in [0.5, 0.6) is 0 Å². The zero-order chi connectivity index (χ0) is 23.9. The van der Waals surface area contributed by atoms with Gasteiger partial charge in [0.05, 0.1) is 12.1 Å². The third-order valence-electron chi connectivity index (χ3n) is 7.88. The van der Waals surface area contributed by atoms with Crippen LogP contribution in [0.4, 0.5) is 5.69 Å². The lowest BCUT2D eigenvalue weighted by atomic mass is 9.76. The Hall–Kier alpha value is -3.90. The maximum absolute atomic E-state index is 7.85. The van der Waals surface area contributed by atoms with E-state index in [-0.39, 0.29) is 0 Å². The minimum absolute atomic E-state index is 0.454. The second-order valence-corrected chi connectivity index (χ2v) is 9.88. The molecule has 6 rings (SSSR count). The highest BCUT2D eigenvalue weighted by atomic mass is 16.3. The summed E-state index contributed by atoms with van der Waals surface area (Å²) >= 11 is 0. The SMILES string of the molecule is [C-]#[N+]c1ccc(C2CCC(c3ccccc3)CC2)c2oc3c(-c4cccc[n+]4C)c(C)ccc3c12. The molecule has 0 unspecified atom stereocenters. The number of pyridine rings is 1. The molecule has 3 aromatic carbocycles. The number of nitrogens with zero attached hydrogens (tertiary/aromatic N) is 2. The summed E-state index contributed by atoms with van der Waals surface area (Å²) in [6.07, 6.45) is 6.72. The van der Waals surface area contributed by atoms with Crippen molar-refractivity contribution in [3.8, 4) is 11.3 Å². The summed E-state index contributed by atoms with van der Waals surface area (Å²) in [6.45, 7) is 9.99. The minimum atomic E-state index is 0.454. The molecule has 3 nitrogen and oxygen atoms in total. The van der Waals surface area contributed by atoms with E-state index in [1.165, 1.54) is 29.5 Å². The van der Waals surface area contributed by atoms with Gasteiger partial charge in [0.15, 0.2) is 11.9 Å². The van der Waals surface area contributed by atoms with Gasteiger partial charge in [-0.05, 0) is 67.2 Å². The van der Waals surface area contributed by atoms with Gasteiger partial charge in [-0.25, -0.2) is 9.41 Å². The number of aromatic nitrogens is 1. The molecule has 0 atom stereocenters. The summed E-state index contributed by atoms with van der Waals surface area (Å²) in [6, 6.07) is 25.6. The first-order valence-electron chi connectivity index (χ1n) is 12.5. The van der Waals surface area contributed by atoms with Gasteiger partial charge in [-0.2, -0.15) is 0 Å². The number of hydrogen-bond donors (Lipinski definition) is 0. The van der Waals surface area contributed by atoms with E-state index in [0.717, 1.165) is 46.0 Å². The highest BCUT2D eigenvalue weighted by Crippen LogP contribution is 2.47. The van der Waals surface area contributed by atoms with E-state index in [4.69, 9.17) is 11.0 Å². The van der Waals surface area contributed by atoms with Crippen LogP contribution in [0.3, 0.4) is 0 Å². The number of hydrogen-bond acceptors (Lipinski definition) is 1. The molecule has 2 aromatic heterocycles. The summed E-state index contributed by atoms with van der Waals surface area (Å²) in [5.41, 5.74) is 8.58. The van der Waals surface area contributed by atoms with Crippen molar-refractivity contribution >= 4 is 27.6 Å². The molecule has 35 heavy (non-hydrogen) atoms. The maximum Gasteiger partial charge on any atom is 0.216 e. The molecule has 1 aliphatic rings. The molecule has 2 heterocycles. The molecule has 172 valence electrons. The third kappa shape index (κ3) is 3.61. The van der Waals surface area contributed by atoms with Crippen LogP contribution in [0, 0.1) is 13.5 Å². The fraction of sp³-hybridized carbons (Fsp3) is 0.250. The number of fused-ring (bicyclic) bond motifs is 3. The second-order valence-electron chi connectivity index (χ2n) is 9.88. The number of benzene rings is 3. The Kier molecular flexibility index (Phi) is 5.38. The summed E-state index contributed by atoms with van der Waals surface area (Å²) in [5, 5.41) is 2.01. The smallest absolute Gasteiger partial charge is 0.216 e. The molecule has 0 amide bonds. The largest absolute Gasteiger partial charge is 0.456 e. The van der Waals surface area contributed by atoms with E-state index in [2.05, 4.69) is 90.2 Å². The predicted molar refractivity (Wildman–Crippen MR) is 142 cm³/mol. The van der Waals surface area contributed by atoms with Gasteiger partial charge < -0.3 is 4.42 Å². The molecule has 0 radical (unpaired) electrons. The number of aryl methyl sites for hydroxylation is 2. The lowest BCUT2D eigenvalue weighted by Gasteiger charge is -2.29. The lowest BCUT2D eigenvalue weighted by molar-refractivity contribution is -0.660. The van der Waals surface area contributed by atoms with Crippen LogP contribution in [-0.4, -0.2) is 0 Å². The van der Waals surface area contributed by atoms with E-state index in [1.54, 1.807) is 0 Å². The topological polar surface area (TPSA) is 21.4 Å². The lowest BCUT2D eigenvalue weighted by Crippen LogP contribution is -2.30. The zero-order valence-corrected chi connectivity index (χ0v) is 20.3. The molecule has 0 N–H and O–H groups in total. The monoisotopic (exact) mass is 457 g/mol. The third-order valence-corrected chi connectivity index (χ3v) is 7.88. The highest BCUT2D eigenvalue weighted by molar-refractivity contribution is 6.15. The minimum Gasteiger partial charge on any atom is -0.456 e. The Balaban J connectivity index is 1.48. The average Bonchev–Trinajstić information content (AvgIpc) is 3.29. The summed E-state index contributed by atoms with van der Waals surface area (Å²) in [5.74, 6) is 1.09. The van der Waals surface area contributed by atoms with Crippen molar-refractivity contribution in [2.45, 2.75) is 44.4 Å². The van der Waals surface area contributed by atoms with Gasteiger partial charge in [0.25, 0.3) is 0 Å². The van der Waals surface area contributed by atoms with Gasteiger partial charge in [-0.15, -0.1) is 0 Å².